The lowest BCUT2D eigenvalue weighted by Crippen LogP contribution is -2.51. The van der Waals surface area contributed by atoms with Gasteiger partial charge in [-0.15, -0.1) is 24.8 Å². The van der Waals surface area contributed by atoms with E-state index in [-0.39, 0.29) is 55.1 Å². The van der Waals surface area contributed by atoms with Crippen molar-refractivity contribution >= 4 is 48.4 Å². The first-order valence-electron chi connectivity index (χ1n) is 12.6. The minimum absolute atomic E-state index is 0. The Balaban J connectivity index is 0.00000361. The molecule has 2 aliphatic heterocycles. The predicted octanol–water partition coefficient (Wildman–Crippen LogP) is 1.85. The number of methoxy groups -OCH3 is 1. The molecule has 1 aromatic carbocycles. The summed E-state index contributed by atoms with van der Waals surface area (Å²) in [6, 6.07) is 7.08. The molecule has 2 aliphatic rings. The number of carbonyl (C=O) groups is 3. The molecule has 5 N–H and O–H groups in total. The molecule has 3 amide bonds. The third kappa shape index (κ3) is 9.57. The number of hydrogen-bond acceptors (Lipinski definition) is 7. The number of β-amino-alcohol motifs (C(OH)–C–C–N with tert-alkyl or cyclic N) is 1. The van der Waals surface area contributed by atoms with Crippen LogP contribution in [0.15, 0.2) is 24.3 Å². The molecule has 2 unspecified atom stereocenters. The standard InChI is InChI=1S/C26H41N5O5.2ClH/c1-17(32)28-19-9-10-30(14-19)16-23(33)21(27)12-26(2,3)13-24(34)31-15-20(29-25(35)36-4)11-18-7-5-6-8-22(18)31;;/h5-8,19-21,23,33H,9-16,27H2,1-4H3,(H,28,32)(H,29,35);2*1H/t19?,20?,21-,23-;;/m0../s1. The van der Waals surface area contributed by atoms with E-state index >= 15 is 0 Å². The SMILES string of the molecule is COC(=O)NC1Cc2ccccc2N(C(=O)CC(C)(C)C[C@H](N)[C@@H](O)CN2CCC(NC(C)=O)C2)C1.Cl.Cl. The van der Waals surface area contributed by atoms with Crippen molar-refractivity contribution in [1.82, 2.24) is 15.5 Å². The Morgan fingerprint density at radius 3 is 2.50 bits per heavy atom. The largest absolute Gasteiger partial charge is 0.453 e. The molecule has 2 heterocycles. The second kappa shape index (κ2) is 14.9. The molecular weight excluding hydrogens is 533 g/mol. The van der Waals surface area contributed by atoms with Crippen LogP contribution in [0.1, 0.15) is 45.6 Å². The van der Waals surface area contributed by atoms with E-state index in [1.165, 1.54) is 14.0 Å². The third-order valence-corrected chi connectivity index (χ3v) is 7.00. The maximum Gasteiger partial charge on any atom is 0.407 e. The summed E-state index contributed by atoms with van der Waals surface area (Å²) in [5.41, 5.74) is 7.79. The van der Waals surface area contributed by atoms with E-state index < -0.39 is 23.7 Å². The summed E-state index contributed by atoms with van der Waals surface area (Å²) in [6.07, 6.45) is 0.941. The van der Waals surface area contributed by atoms with Crippen LogP contribution in [0.2, 0.25) is 0 Å². The van der Waals surface area contributed by atoms with Gasteiger partial charge in [0.15, 0.2) is 0 Å². The number of benzene rings is 1. The molecule has 0 radical (unpaired) electrons. The number of carbonyl (C=O) groups excluding carboxylic acids is 3. The maximum absolute atomic E-state index is 13.5. The molecule has 0 bridgehead atoms. The van der Waals surface area contributed by atoms with E-state index in [9.17, 15) is 19.5 Å². The van der Waals surface area contributed by atoms with Crippen molar-refractivity contribution < 1.29 is 24.2 Å². The molecule has 0 aromatic heterocycles. The average Bonchev–Trinajstić information content (AvgIpc) is 3.23. The Labute approximate surface area is 237 Å². The quantitative estimate of drug-likeness (QED) is 0.352. The third-order valence-electron chi connectivity index (χ3n) is 7.00. The zero-order valence-electron chi connectivity index (χ0n) is 22.6. The number of likely N-dealkylation sites (tertiary alicyclic amines) is 1. The molecule has 0 aliphatic carbocycles. The van der Waals surface area contributed by atoms with E-state index in [0.717, 1.165) is 24.2 Å². The van der Waals surface area contributed by atoms with Crippen molar-refractivity contribution in [3.8, 4) is 0 Å². The van der Waals surface area contributed by atoms with Gasteiger partial charge in [0.25, 0.3) is 0 Å². The van der Waals surface area contributed by atoms with E-state index in [1.54, 1.807) is 4.90 Å². The van der Waals surface area contributed by atoms with Gasteiger partial charge in [0.1, 0.15) is 0 Å². The fourth-order valence-corrected chi connectivity index (χ4v) is 5.31. The summed E-state index contributed by atoms with van der Waals surface area (Å²) >= 11 is 0. The molecule has 216 valence electrons. The number of alkyl carbamates (subject to hydrolysis) is 1. The number of anilines is 1. The zero-order chi connectivity index (χ0) is 26.5. The zero-order valence-corrected chi connectivity index (χ0v) is 24.3. The van der Waals surface area contributed by atoms with E-state index in [2.05, 4.69) is 15.5 Å². The van der Waals surface area contributed by atoms with Gasteiger partial charge < -0.3 is 31.1 Å². The van der Waals surface area contributed by atoms with Gasteiger partial charge in [-0.05, 0) is 36.3 Å². The van der Waals surface area contributed by atoms with Crippen molar-refractivity contribution in [3.63, 3.8) is 0 Å². The Hall–Kier alpha value is -2.11. The smallest absolute Gasteiger partial charge is 0.407 e. The van der Waals surface area contributed by atoms with Crippen molar-refractivity contribution in [2.24, 2.45) is 11.1 Å². The molecule has 4 atom stereocenters. The van der Waals surface area contributed by atoms with Crippen molar-refractivity contribution in [2.45, 2.75) is 70.7 Å². The highest BCUT2D eigenvalue weighted by Gasteiger charge is 2.35. The topological polar surface area (TPSA) is 137 Å². The van der Waals surface area contributed by atoms with Crippen LogP contribution in [0, 0.1) is 5.41 Å². The van der Waals surface area contributed by atoms with Crippen LogP contribution in [0.25, 0.3) is 0 Å². The number of nitrogens with two attached hydrogens (primary N) is 1. The van der Waals surface area contributed by atoms with Gasteiger partial charge in [-0.2, -0.15) is 0 Å². The summed E-state index contributed by atoms with van der Waals surface area (Å²) in [4.78, 5) is 40.4. The van der Waals surface area contributed by atoms with E-state index in [4.69, 9.17) is 10.5 Å². The number of amides is 3. The highest BCUT2D eigenvalue weighted by molar-refractivity contribution is 5.95. The van der Waals surface area contributed by atoms with Crippen LogP contribution in [-0.4, -0.2) is 85.4 Å². The number of aliphatic hydroxyl groups is 1. The average molecular weight is 577 g/mol. The lowest BCUT2D eigenvalue weighted by Gasteiger charge is -2.37. The first-order valence-corrected chi connectivity index (χ1v) is 12.6. The van der Waals surface area contributed by atoms with Crippen LogP contribution < -0.4 is 21.3 Å². The van der Waals surface area contributed by atoms with Gasteiger partial charge in [-0.25, -0.2) is 4.79 Å². The molecule has 1 fully saturated rings. The number of rotatable bonds is 9. The Kier molecular flexibility index (Phi) is 13.3. The molecule has 12 heteroatoms. The maximum atomic E-state index is 13.5. The molecule has 10 nitrogen and oxygen atoms in total. The lowest BCUT2D eigenvalue weighted by atomic mass is 9.80. The number of ether oxygens (including phenoxy) is 1. The van der Waals surface area contributed by atoms with Crippen LogP contribution in [0.5, 0.6) is 0 Å². The van der Waals surface area contributed by atoms with Gasteiger partial charge in [0.05, 0.1) is 19.3 Å². The van der Waals surface area contributed by atoms with Gasteiger partial charge in [-0.3, -0.25) is 14.5 Å². The minimum atomic E-state index is -0.736. The summed E-state index contributed by atoms with van der Waals surface area (Å²) in [5, 5.41) is 16.5. The van der Waals surface area contributed by atoms with Crippen LogP contribution in [-0.2, 0) is 20.7 Å². The van der Waals surface area contributed by atoms with Crippen LogP contribution in [0.4, 0.5) is 10.5 Å². The summed E-state index contributed by atoms with van der Waals surface area (Å²) in [7, 11) is 1.32. The molecule has 1 aromatic rings. The fraction of sp³-hybridized carbons (Fsp3) is 0.654. The number of nitrogens with zero attached hydrogens (tertiary/aromatic N) is 2. The molecule has 0 saturated carbocycles. The molecular formula is C26H43Cl2N5O5. The van der Waals surface area contributed by atoms with Gasteiger partial charge in [0.2, 0.25) is 11.8 Å². The molecule has 0 spiro atoms. The molecule has 38 heavy (non-hydrogen) atoms. The van der Waals surface area contributed by atoms with Gasteiger partial charge in [-0.1, -0.05) is 32.0 Å². The Bertz CT molecular complexity index is 950. The number of aliphatic hydroxyl groups excluding tert-OH is 1. The van der Waals surface area contributed by atoms with Crippen molar-refractivity contribution in [2.75, 3.05) is 38.2 Å². The lowest BCUT2D eigenvalue weighted by molar-refractivity contribution is -0.121. The Morgan fingerprint density at radius 2 is 1.84 bits per heavy atom. The van der Waals surface area contributed by atoms with Crippen molar-refractivity contribution in [1.29, 1.82) is 0 Å². The Morgan fingerprint density at radius 1 is 1.16 bits per heavy atom. The van der Waals surface area contributed by atoms with Crippen LogP contribution in [0.3, 0.4) is 0 Å². The van der Waals surface area contributed by atoms with Gasteiger partial charge in [0, 0.05) is 57.3 Å². The molecule has 1 saturated heterocycles. The second-order valence-corrected chi connectivity index (χ2v) is 10.9. The number of para-hydroxylation sites is 1. The number of halogens is 2. The predicted molar refractivity (Wildman–Crippen MR) is 152 cm³/mol. The summed E-state index contributed by atoms with van der Waals surface area (Å²) < 4.78 is 4.74. The number of fused-ring (bicyclic) bond motifs is 1. The first kappa shape index (κ1) is 33.9. The highest BCUT2D eigenvalue weighted by atomic mass is 35.5. The summed E-state index contributed by atoms with van der Waals surface area (Å²) in [6.45, 7) is 7.77. The summed E-state index contributed by atoms with van der Waals surface area (Å²) in [5.74, 6) is -0.0996. The van der Waals surface area contributed by atoms with Gasteiger partial charge >= 0.3 is 6.09 Å². The normalized spacial score (nSPS) is 20.7. The monoisotopic (exact) mass is 575 g/mol. The highest BCUT2D eigenvalue weighted by Crippen LogP contribution is 2.33. The van der Waals surface area contributed by atoms with Crippen molar-refractivity contribution in [3.05, 3.63) is 29.8 Å². The number of hydrogen-bond donors (Lipinski definition) is 4. The van der Waals surface area contributed by atoms with Crippen LogP contribution >= 0.6 is 24.8 Å². The number of nitrogens with one attached hydrogen (secondary N) is 2. The van der Waals surface area contributed by atoms with E-state index in [0.29, 0.717) is 32.5 Å². The fourth-order valence-electron chi connectivity index (χ4n) is 5.31. The minimum Gasteiger partial charge on any atom is -0.453 e. The first-order chi connectivity index (χ1) is 17.0. The molecule has 3 rings (SSSR count). The van der Waals surface area contributed by atoms with E-state index in [1.807, 2.05) is 38.1 Å². The second-order valence-electron chi connectivity index (χ2n) is 10.9.